The van der Waals surface area contributed by atoms with Crippen LogP contribution in [-0.4, -0.2) is 0 Å². The number of halogens is 10. The normalized spacial score (nSPS) is 11.4. The van der Waals surface area contributed by atoms with Crippen molar-refractivity contribution in [2.24, 2.45) is 0 Å². The average Bonchev–Trinajstić information content (AvgIpc) is 2.73. The summed E-state index contributed by atoms with van der Waals surface area (Å²) in [6, 6.07) is 5.68. The zero-order valence-electron chi connectivity index (χ0n) is 13.6. The Morgan fingerprint density at radius 1 is 0.379 bits per heavy atom. The molecule has 0 saturated carbocycles. The number of hydrogen-bond donors (Lipinski definition) is 0. The van der Waals surface area contributed by atoms with E-state index in [2.05, 4.69) is 0 Å². The Hall–Kier alpha value is -2.61. The van der Waals surface area contributed by atoms with Crippen LogP contribution in [0.4, 0.5) is 43.9 Å². The Morgan fingerprint density at radius 3 is 0.966 bits per heavy atom. The van der Waals surface area contributed by atoms with E-state index >= 15 is 0 Å². The quantitative estimate of drug-likeness (QED) is 0.236. The van der Waals surface area contributed by atoms with E-state index in [1.165, 1.54) is 18.2 Å². The third-order valence-corrected chi connectivity index (χ3v) is 6.33. The lowest BCUT2D eigenvalue weighted by atomic mass is 10.3. The highest BCUT2D eigenvalue weighted by Crippen LogP contribution is 2.39. The Morgan fingerprint density at radius 2 is 0.655 bits per heavy atom. The largest absolute Gasteiger partial charge is 0.203 e. The van der Waals surface area contributed by atoms with Crippen LogP contribution in [0.1, 0.15) is 0 Å². The minimum atomic E-state index is -3.41. The Labute approximate surface area is 157 Å². The van der Waals surface area contributed by atoms with Crippen molar-refractivity contribution >= 4 is 23.8 Å². The van der Waals surface area contributed by atoms with E-state index < -0.39 is 82.0 Å². The molecule has 0 amide bonds. The molecule has 0 fully saturated rings. The van der Waals surface area contributed by atoms with Gasteiger partial charge in [0.25, 0.3) is 0 Å². The van der Waals surface area contributed by atoms with Gasteiger partial charge in [-0.3, -0.25) is 0 Å². The number of hydrogen-bond acceptors (Lipinski definition) is 0. The average molecular weight is 442 g/mol. The van der Waals surface area contributed by atoms with E-state index in [0.29, 0.717) is 0 Å². The summed E-state index contributed by atoms with van der Waals surface area (Å²) >= 11 is 0. The first kappa shape index (κ1) is 21.1. The fourth-order valence-corrected chi connectivity index (χ4v) is 4.91. The van der Waals surface area contributed by atoms with Gasteiger partial charge in [-0.1, -0.05) is 30.3 Å². The van der Waals surface area contributed by atoms with Gasteiger partial charge in [-0.25, -0.2) is 43.9 Å². The topological polar surface area (TPSA) is 0 Å². The molecule has 0 radical (unpaired) electrons. The summed E-state index contributed by atoms with van der Waals surface area (Å²) in [4.78, 5) is 0. The summed E-state index contributed by atoms with van der Waals surface area (Å²) in [6.07, 6.45) is 0. The van der Waals surface area contributed by atoms with Crippen LogP contribution in [0.5, 0.6) is 0 Å². The van der Waals surface area contributed by atoms with Crippen molar-refractivity contribution in [1.82, 2.24) is 0 Å². The zero-order chi connectivity index (χ0) is 21.6. The molecule has 0 aromatic heterocycles. The van der Waals surface area contributed by atoms with Gasteiger partial charge in [0.15, 0.2) is 46.5 Å². The lowest BCUT2D eigenvalue weighted by molar-refractivity contribution is 0.383. The highest BCUT2D eigenvalue weighted by atomic mass is 31.1. The molecule has 0 aliphatic heterocycles. The third kappa shape index (κ3) is 3.25. The summed E-state index contributed by atoms with van der Waals surface area (Å²) in [6.45, 7) is 0. The van der Waals surface area contributed by atoms with Crippen LogP contribution in [-0.2, 0) is 0 Å². The lowest BCUT2D eigenvalue weighted by Crippen LogP contribution is -2.33. The highest BCUT2D eigenvalue weighted by Gasteiger charge is 2.38. The first-order valence-corrected chi connectivity index (χ1v) is 8.81. The molecule has 0 nitrogen and oxygen atoms in total. The molecule has 11 heteroatoms. The van der Waals surface area contributed by atoms with Gasteiger partial charge in [0.1, 0.15) is 0 Å². The Balaban J connectivity index is 2.50. The van der Waals surface area contributed by atoms with Crippen LogP contribution in [0.25, 0.3) is 0 Å². The molecule has 3 rings (SSSR count). The minimum absolute atomic E-state index is 0.422. The van der Waals surface area contributed by atoms with Gasteiger partial charge in [-0.15, -0.1) is 0 Å². The molecular weight excluding hydrogens is 437 g/mol. The molecule has 0 aliphatic rings. The van der Waals surface area contributed by atoms with Gasteiger partial charge in [-0.2, -0.15) is 0 Å². The molecule has 0 saturated heterocycles. The van der Waals surface area contributed by atoms with Crippen LogP contribution >= 0.6 is 7.92 Å². The molecule has 29 heavy (non-hydrogen) atoms. The Kier molecular flexibility index (Phi) is 5.58. The smallest absolute Gasteiger partial charge is 0.200 e. The second kappa shape index (κ2) is 7.67. The summed E-state index contributed by atoms with van der Waals surface area (Å²) in [5.74, 6) is -24.6. The summed E-state index contributed by atoms with van der Waals surface area (Å²) in [5.41, 5.74) is 0. The Bertz CT molecular complexity index is 986. The van der Waals surface area contributed by atoms with Crippen LogP contribution in [0.15, 0.2) is 30.3 Å². The molecule has 0 spiro atoms. The predicted molar refractivity (Wildman–Crippen MR) is 84.7 cm³/mol. The molecular formula is C18H5F10P. The maximum atomic E-state index is 14.4. The maximum Gasteiger partial charge on any atom is 0.200 e. The monoisotopic (exact) mass is 442 g/mol. The van der Waals surface area contributed by atoms with Crippen molar-refractivity contribution in [1.29, 1.82) is 0 Å². The molecule has 0 bridgehead atoms. The van der Waals surface area contributed by atoms with Crippen molar-refractivity contribution < 1.29 is 43.9 Å². The summed E-state index contributed by atoms with van der Waals surface area (Å²) < 4.78 is 139. The molecule has 0 N–H and O–H groups in total. The van der Waals surface area contributed by atoms with Gasteiger partial charge in [-0.05, 0) is 13.2 Å². The standard InChI is InChI=1S/C18H5F10P/c19-7-9(21)13(25)17(14(26)10(7)22)29(6-4-2-1-3-5-6)18-15(27)11(23)8(20)12(24)16(18)28/h1-5H. The van der Waals surface area contributed by atoms with Crippen LogP contribution in [0, 0.1) is 58.2 Å². The number of benzene rings is 3. The van der Waals surface area contributed by atoms with Gasteiger partial charge in [0.05, 0.1) is 10.6 Å². The fraction of sp³-hybridized carbons (Fsp3) is 0. The van der Waals surface area contributed by atoms with Gasteiger partial charge >= 0.3 is 0 Å². The number of rotatable bonds is 3. The zero-order valence-corrected chi connectivity index (χ0v) is 14.5. The highest BCUT2D eigenvalue weighted by molar-refractivity contribution is 7.79. The van der Waals surface area contributed by atoms with E-state index in [9.17, 15) is 43.9 Å². The second-order valence-electron chi connectivity index (χ2n) is 5.51. The first-order chi connectivity index (χ1) is 13.6. The van der Waals surface area contributed by atoms with Crippen molar-refractivity contribution in [2.75, 3.05) is 0 Å². The van der Waals surface area contributed by atoms with Crippen molar-refractivity contribution in [3.63, 3.8) is 0 Å². The first-order valence-electron chi connectivity index (χ1n) is 7.47. The van der Waals surface area contributed by atoms with Gasteiger partial charge in [0.2, 0.25) is 11.6 Å². The van der Waals surface area contributed by atoms with Gasteiger partial charge in [0, 0.05) is 0 Å². The predicted octanol–water partition coefficient (Wildman–Crippen LogP) is 4.84. The van der Waals surface area contributed by atoms with Crippen LogP contribution in [0.3, 0.4) is 0 Å². The minimum Gasteiger partial charge on any atom is -0.203 e. The fourth-order valence-electron chi connectivity index (χ4n) is 2.53. The molecule has 0 heterocycles. The third-order valence-electron chi connectivity index (χ3n) is 3.83. The SMILES string of the molecule is Fc1c(F)c(F)c(P(c2ccccc2)c2c(F)c(F)c(F)c(F)c2F)c(F)c1F. The lowest BCUT2D eigenvalue weighted by Gasteiger charge is -2.22. The van der Waals surface area contributed by atoms with Crippen LogP contribution in [0.2, 0.25) is 0 Å². The second-order valence-corrected chi connectivity index (χ2v) is 7.59. The molecule has 3 aromatic rings. The maximum absolute atomic E-state index is 14.4. The van der Waals surface area contributed by atoms with E-state index in [-0.39, 0.29) is 0 Å². The van der Waals surface area contributed by atoms with Gasteiger partial charge < -0.3 is 0 Å². The molecule has 0 unspecified atom stereocenters. The van der Waals surface area contributed by atoms with E-state index in [1.807, 2.05) is 0 Å². The molecule has 0 aliphatic carbocycles. The molecule has 152 valence electrons. The van der Waals surface area contributed by atoms with Crippen molar-refractivity contribution in [3.05, 3.63) is 88.5 Å². The summed E-state index contributed by atoms with van der Waals surface area (Å²) in [7, 11) is -3.41. The molecule has 3 aromatic carbocycles. The van der Waals surface area contributed by atoms with Crippen molar-refractivity contribution in [2.45, 2.75) is 0 Å². The van der Waals surface area contributed by atoms with Crippen LogP contribution < -0.4 is 15.9 Å². The van der Waals surface area contributed by atoms with E-state index in [4.69, 9.17) is 0 Å². The van der Waals surface area contributed by atoms with Crippen molar-refractivity contribution in [3.8, 4) is 0 Å². The van der Waals surface area contributed by atoms with E-state index in [0.717, 1.165) is 12.1 Å². The van der Waals surface area contributed by atoms with E-state index in [1.54, 1.807) is 0 Å². The summed E-state index contributed by atoms with van der Waals surface area (Å²) in [5, 5.41) is -3.83. The molecule has 0 atom stereocenters.